The van der Waals surface area contributed by atoms with Gasteiger partial charge in [0, 0.05) is 34.1 Å². The van der Waals surface area contributed by atoms with Crippen LogP contribution in [-0.4, -0.2) is 28.4 Å². The lowest BCUT2D eigenvalue weighted by atomic mass is 9.83. The van der Waals surface area contributed by atoms with Crippen LogP contribution in [0.5, 0.6) is 23.0 Å². The Morgan fingerprint density at radius 1 is 0.250 bits per heavy atom. The summed E-state index contributed by atoms with van der Waals surface area (Å²) in [5, 5.41) is 9.29. The summed E-state index contributed by atoms with van der Waals surface area (Å²) in [5.74, 6) is 3.18. The van der Waals surface area contributed by atoms with Crippen molar-refractivity contribution in [2.24, 2.45) is 0 Å². The highest BCUT2D eigenvalue weighted by Gasteiger charge is 2.24. The monoisotopic (exact) mass is 884 g/mol. The Kier molecular flexibility index (Phi) is 11.0. The van der Waals surface area contributed by atoms with Crippen LogP contribution in [0, 0.1) is 0 Å². The molecule has 0 saturated heterocycles. The zero-order chi connectivity index (χ0) is 46.1. The highest BCUT2D eigenvalue weighted by Crippen LogP contribution is 2.50. The van der Waals surface area contributed by atoms with E-state index in [1.165, 1.54) is 21.5 Å². The smallest absolute Gasteiger partial charge is 0.119 e. The van der Waals surface area contributed by atoms with Crippen LogP contribution in [0.1, 0.15) is 0 Å². The number of hydrogen-bond acceptors (Lipinski definition) is 6. The predicted octanol–water partition coefficient (Wildman–Crippen LogP) is 16.6. The van der Waals surface area contributed by atoms with Crippen molar-refractivity contribution < 1.29 is 18.9 Å². The Hall–Kier alpha value is -8.74. The number of nitrogens with zero attached hydrogens (tertiary/aromatic N) is 2. The molecule has 0 saturated carbocycles. The van der Waals surface area contributed by atoms with Crippen LogP contribution < -0.4 is 28.7 Å². The molecule has 11 aromatic carbocycles. The maximum atomic E-state index is 5.62. The van der Waals surface area contributed by atoms with E-state index in [0.29, 0.717) is 0 Å². The molecule has 6 nitrogen and oxygen atoms in total. The fraction of sp³-hybridized carbons (Fsp3) is 0.0645. The molecule has 6 heteroatoms. The molecule has 0 spiro atoms. The molecule has 330 valence electrons. The first-order chi connectivity index (χ1) is 33.5. The molecule has 0 unspecified atom stereocenters. The molecule has 0 amide bonds. The molecule has 68 heavy (non-hydrogen) atoms. The molecule has 0 N–H and O–H groups in total. The summed E-state index contributed by atoms with van der Waals surface area (Å²) < 4.78 is 22.5. The van der Waals surface area contributed by atoms with Crippen LogP contribution in [-0.2, 0) is 0 Å². The lowest BCUT2D eigenvalue weighted by molar-refractivity contribution is 0.414. The van der Waals surface area contributed by atoms with E-state index in [4.69, 9.17) is 18.9 Å². The largest absolute Gasteiger partial charge is 0.497 e. The third-order valence-electron chi connectivity index (χ3n) is 13.0. The standard InChI is InChI=1S/C62H48N2O4/c1-65-49-29-19-43(20-30-49)63(44-21-31-50(66-2)32-22-44)47-27-37-57-59(39-47)61(55-17-9-13-41-11-5-7-15-53(41)55)58-38-28-48(40-60(58)62(57)56-18-10-14-42-12-6-8-16-54(42)56)64(45-23-33-51(67-3)34-24-45)46-25-35-52(68-4)36-26-46/h5-40H,1-4H3. The van der Waals surface area contributed by atoms with E-state index in [2.05, 4.69) is 180 Å². The number of methoxy groups -OCH3 is 4. The summed E-state index contributed by atoms with van der Waals surface area (Å²) in [6, 6.07) is 77.7. The van der Waals surface area contributed by atoms with Crippen LogP contribution in [0.15, 0.2) is 218 Å². The molecule has 0 aliphatic heterocycles. The normalized spacial score (nSPS) is 11.2. The van der Waals surface area contributed by atoms with E-state index in [9.17, 15) is 0 Å². The second-order valence-corrected chi connectivity index (χ2v) is 16.7. The van der Waals surface area contributed by atoms with Crippen molar-refractivity contribution in [2.75, 3.05) is 38.2 Å². The van der Waals surface area contributed by atoms with Crippen LogP contribution in [0.25, 0.3) is 65.3 Å². The molecule has 0 bridgehead atoms. The summed E-state index contributed by atoms with van der Waals surface area (Å²) in [6.45, 7) is 0. The molecule has 0 aliphatic rings. The summed E-state index contributed by atoms with van der Waals surface area (Å²) in [5.41, 5.74) is 10.7. The van der Waals surface area contributed by atoms with E-state index in [-0.39, 0.29) is 0 Å². The van der Waals surface area contributed by atoms with Crippen molar-refractivity contribution in [3.63, 3.8) is 0 Å². The van der Waals surface area contributed by atoms with E-state index < -0.39 is 0 Å². The van der Waals surface area contributed by atoms with Gasteiger partial charge < -0.3 is 28.7 Å². The second kappa shape index (κ2) is 17.9. The minimum absolute atomic E-state index is 0.795. The number of benzene rings is 11. The maximum absolute atomic E-state index is 5.62. The zero-order valence-electron chi connectivity index (χ0n) is 38.3. The fourth-order valence-corrected chi connectivity index (χ4v) is 9.77. The Bertz CT molecular complexity index is 3260. The molecule has 0 heterocycles. The van der Waals surface area contributed by atoms with Crippen LogP contribution in [0.3, 0.4) is 0 Å². The lowest BCUT2D eigenvalue weighted by Gasteiger charge is -2.28. The van der Waals surface area contributed by atoms with Crippen LogP contribution in [0.2, 0.25) is 0 Å². The Balaban J connectivity index is 1.27. The molecular formula is C62H48N2O4. The summed E-state index contributed by atoms with van der Waals surface area (Å²) in [4.78, 5) is 4.61. The lowest BCUT2D eigenvalue weighted by Crippen LogP contribution is -2.10. The molecular weight excluding hydrogens is 837 g/mol. The van der Waals surface area contributed by atoms with Crippen molar-refractivity contribution in [3.8, 4) is 45.3 Å². The highest BCUT2D eigenvalue weighted by atomic mass is 16.5. The van der Waals surface area contributed by atoms with Crippen molar-refractivity contribution in [1.29, 1.82) is 0 Å². The fourth-order valence-electron chi connectivity index (χ4n) is 9.77. The van der Waals surface area contributed by atoms with Crippen molar-refractivity contribution in [2.45, 2.75) is 0 Å². The highest BCUT2D eigenvalue weighted by molar-refractivity contribution is 6.26. The average Bonchev–Trinajstić information content (AvgIpc) is 3.41. The van der Waals surface area contributed by atoms with Gasteiger partial charge in [0.05, 0.1) is 28.4 Å². The Labute approximate surface area is 396 Å². The molecule has 0 radical (unpaired) electrons. The van der Waals surface area contributed by atoms with Gasteiger partial charge in [-0.05, 0) is 187 Å². The van der Waals surface area contributed by atoms with Gasteiger partial charge in [0.25, 0.3) is 0 Å². The number of ether oxygens (including phenoxy) is 4. The number of fused-ring (bicyclic) bond motifs is 4. The minimum atomic E-state index is 0.795. The van der Waals surface area contributed by atoms with E-state index in [1.54, 1.807) is 28.4 Å². The Morgan fingerprint density at radius 3 is 0.868 bits per heavy atom. The molecule has 0 aliphatic carbocycles. The van der Waals surface area contributed by atoms with Gasteiger partial charge in [0.1, 0.15) is 23.0 Å². The topological polar surface area (TPSA) is 43.4 Å². The van der Waals surface area contributed by atoms with Crippen molar-refractivity contribution in [3.05, 3.63) is 218 Å². The third-order valence-corrected chi connectivity index (χ3v) is 13.0. The third kappa shape index (κ3) is 7.52. The summed E-state index contributed by atoms with van der Waals surface area (Å²) in [7, 11) is 6.80. The first-order valence-electron chi connectivity index (χ1n) is 22.7. The first-order valence-corrected chi connectivity index (χ1v) is 22.7. The van der Waals surface area contributed by atoms with E-state index >= 15 is 0 Å². The van der Waals surface area contributed by atoms with Gasteiger partial charge >= 0.3 is 0 Å². The first kappa shape index (κ1) is 41.9. The molecule has 0 fully saturated rings. The van der Waals surface area contributed by atoms with E-state index in [1.807, 2.05) is 48.5 Å². The van der Waals surface area contributed by atoms with Crippen LogP contribution in [0.4, 0.5) is 34.1 Å². The molecule has 11 rings (SSSR count). The van der Waals surface area contributed by atoms with E-state index in [0.717, 1.165) is 101 Å². The van der Waals surface area contributed by atoms with Crippen LogP contribution >= 0.6 is 0 Å². The van der Waals surface area contributed by atoms with Gasteiger partial charge in [0.15, 0.2) is 0 Å². The van der Waals surface area contributed by atoms with Crippen molar-refractivity contribution >= 4 is 77.2 Å². The second-order valence-electron chi connectivity index (χ2n) is 16.7. The number of hydrogen-bond donors (Lipinski definition) is 0. The number of anilines is 6. The molecule has 0 aromatic heterocycles. The van der Waals surface area contributed by atoms with Gasteiger partial charge in [-0.15, -0.1) is 0 Å². The average molecular weight is 885 g/mol. The summed E-state index contributed by atoms with van der Waals surface area (Å²) >= 11 is 0. The summed E-state index contributed by atoms with van der Waals surface area (Å²) in [6.07, 6.45) is 0. The van der Waals surface area contributed by atoms with Crippen molar-refractivity contribution in [1.82, 2.24) is 0 Å². The van der Waals surface area contributed by atoms with Gasteiger partial charge in [-0.3, -0.25) is 0 Å². The zero-order valence-corrected chi connectivity index (χ0v) is 38.3. The van der Waals surface area contributed by atoms with Gasteiger partial charge in [-0.25, -0.2) is 0 Å². The maximum Gasteiger partial charge on any atom is 0.119 e. The number of rotatable bonds is 12. The SMILES string of the molecule is COc1ccc(N(c2ccc(OC)cc2)c2ccc3c(-c4cccc5ccccc45)c4cc(N(c5ccc(OC)cc5)c5ccc(OC)cc5)ccc4c(-c4cccc5ccccc45)c3c2)cc1. The Morgan fingerprint density at radius 2 is 0.544 bits per heavy atom. The van der Waals surface area contributed by atoms with Gasteiger partial charge in [-0.2, -0.15) is 0 Å². The predicted molar refractivity (Wildman–Crippen MR) is 283 cm³/mol. The molecule has 11 aromatic rings. The van der Waals surface area contributed by atoms with Gasteiger partial charge in [-0.1, -0.05) is 97.1 Å². The molecule has 0 atom stereocenters. The minimum Gasteiger partial charge on any atom is -0.497 e. The quantitative estimate of drug-likeness (QED) is 0.114. The van der Waals surface area contributed by atoms with Gasteiger partial charge in [0.2, 0.25) is 0 Å².